The van der Waals surface area contributed by atoms with Crippen LogP contribution in [-0.4, -0.2) is 42.3 Å². The van der Waals surface area contributed by atoms with Gasteiger partial charge < -0.3 is 15.3 Å². The van der Waals surface area contributed by atoms with E-state index < -0.39 is 17.8 Å². The van der Waals surface area contributed by atoms with E-state index in [-0.39, 0.29) is 6.54 Å². The van der Waals surface area contributed by atoms with Gasteiger partial charge in [-0.15, -0.1) is 0 Å². The van der Waals surface area contributed by atoms with E-state index in [4.69, 9.17) is 0 Å². The van der Waals surface area contributed by atoms with Crippen molar-refractivity contribution in [1.82, 2.24) is 4.90 Å². The Bertz CT molecular complexity index is 445. The summed E-state index contributed by atoms with van der Waals surface area (Å²) in [4.78, 5) is 2.06. The predicted octanol–water partition coefficient (Wildman–Crippen LogP) is 3.13. The summed E-state index contributed by atoms with van der Waals surface area (Å²) in [6, 6.07) is 3.58. The Morgan fingerprint density at radius 1 is 1.24 bits per heavy atom. The summed E-state index contributed by atoms with van der Waals surface area (Å²) in [5.41, 5.74) is 0.440. The highest BCUT2D eigenvalue weighted by Gasteiger charge is 2.30. The largest absolute Gasteiger partial charge is 0.416 e. The number of aliphatic hydroxyl groups excluding tert-OH is 1. The van der Waals surface area contributed by atoms with E-state index in [1.165, 1.54) is 6.07 Å². The van der Waals surface area contributed by atoms with Gasteiger partial charge in [0.25, 0.3) is 0 Å². The van der Waals surface area contributed by atoms with Gasteiger partial charge in [-0.3, -0.25) is 0 Å². The molecule has 0 amide bonds. The van der Waals surface area contributed by atoms with Gasteiger partial charge in [0.2, 0.25) is 0 Å². The van der Waals surface area contributed by atoms with Crippen LogP contribution in [0, 0.1) is 6.92 Å². The third-order valence-corrected chi connectivity index (χ3v) is 3.46. The van der Waals surface area contributed by atoms with Gasteiger partial charge in [0, 0.05) is 18.8 Å². The maximum atomic E-state index is 12.7. The highest BCUT2D eigenvalue weighted by Crippen LogP contribution is 2.31. The van der Waals surface area contributed by atoms with Crippen LogP contribution in [0.25, 0.3) is 0 Å². The molecule has 0 aliphatic rings. The Morgan fingerprint density at radius 2 is 1.86 bits per heavy atom. The van der Waals surface area contributed by atoms with E-state index >= 15 is 0 Å². The van der Waals surface area contributed by atoms with Crippen LogP contribution in [-0.2, 0) is 6.18 Å². The Balaban J connectivity index is 2.66. The molecule has 0 saturated heterocycles. The summed E-state index contributed by atoms with van der Waals surface area (Å²) in [5.74, 6) is 0. The van der Waals surface area contributed by atoms with E-state index in [1.54, 1.807) is 6.92 Å². The third kappa shape index (κ3) is 5.55. The topological polar surface area (TPSA) is 35.5 Å². The molecule has 1 rings (SSSR count). The number of aliphatic hydroxyl groups is 1. The molecule has 1 aromatic rings. The van der Waals surface area contributed by atoms with Gasteiger partial charge in [-0.1, -0.05) is 19.9 Å². The highest BCUT2D eigenvalue weighted by atomic mass is 19.4. The smallest absolute Gasteiger partial charge is 0.390 e. The zero-order chi connectivity index (χ0) is 16.0. The Kier molecular flexibility index (Phi) is 6.48. The number of aryl methyl sites for hydroxylation is 1. The molecule has 0 spiro atoms. The van der Waals surface area contributed by atoms with Crippen molar-refractivity contribution in [3.8, 4) is 0 Å². The minimum Gasteiger partial charge on any atom is -0.390 e. The number of likely N-dealkylation sites (N-methyl/N-ethyl adjacent to an activating group) is 1. The number of hydrogen-bond acceptors (Lipinski definition) is 3. The molecule has 120 valence electrons. The van der Waals surface area contributed by atoms with Gasteiger partial charge in [0.15, 0.2) is 0 Å². The van der Waals surface area contributed by atoms with Crippen LogP contribution in [0.2, 0.25) is 0 Å². The number of halogens is 3. The summed E-state index contributed by atoms with van der Waals surface area (Å²) in [6.07, 6.45) is -4.98. The van der Waals surface area contributed by atoms with Crippen LogP contribution in [0.15, 0.2) is 18.2 Å². The van der Waals surface area contributed by atoms with Crippen molar-refractivity contribution in [2.75, 3.05) is 31.5 Å². The number of nitrogens with one attached hydrogen (secondary N) is 1. The van der Waals surface area contributed by atoms with E-state index in [0.29, 0.717) is 12.2 Å². The lowest BCUT2D eigenvalue weighted by Gasteiger charge is -2.22. The number of anilines is 1. The molecule has 0 aliphatic heterocycles. The molecule has 0 heterocycles. The summed E-state index contributed by atoms with van der Waals surface area (Å²) < 4.78 is 38.0. The second-order valence-electron chi connectivity index (χ2n) is 5.05. The molecule has 0 aromatic heterocycles. The van der Waals surface area contributed by atoms with Crippen molar-refractivity contribution in [2.45, 2.75) is 33.1 Å². The van der Waals surface area contributed by atoms with Gasteiger partial charge in [0.1, 0.15) is 0 Å². The second-order valence-corrected chi connectivity index (χ2v) is 5.05. The second kappa shape index (κ2) is 7.66. The lowest BCUT2D eigenvalue weighted by atomic mass is 10.1. The first-order valence-corrected chi connectivity index (χ1v) is 7.10. The zero-order valence-corrected chi connectivity index (χ0v) is 12.7. The van der Waals surface area contributed by atoms with Crippen LogP contribution in [0.3, 0.4) is 0 Å². The van der Waals surface area contributed by atoms with Crippen LogP contribution in [0.4, 0.5) is 18.9 Å². The van der Waals surface area contributed by atoms with Gasteiger partial charge in [-0.2, -0.15) is 13.2 Å². The van der Waals surface area contributed by atoms with Gasteiger partial charge in [-0.25, -0.2) is 0 Å². The number of benzene rings is 1. The first kappa shape index (κ1) is 17.8. The number of rotatable bonds is 7. The molecular weight excluding hydrogens is 281 g/mol. The molecule has 0 saturated carbocycles. The summed E-state index contributed by atoms with van der Waals surface area (Å²) >= 11 is 0. The van der Waals surface area contributed by atoms with Crippen LogP contribution >= 0.6 is 0 Å². The first-order chi connectivity index (χ1) is 9.77. The van der Waals surface area contributed by atoms with Crippen LogP contribution < -0.4 is 5.32 Å². The third-order valence-electron chi connectivity index (χ3n) is 3.46. The molecule has 0 bridgehead atoms. The monoisotopic (exact) mass is 304 g/mol. The van der Waals surface area contributed by atoms with Crippen molar-refractivity contribution in [1.29, 1.82) is 0 Å². The Hall–Kier alpha value is -1.27. The number of hydrogen-bond donors (Lipinski definition) is 2. The Labute approximate surface area is 123 Å². The molecule has 0 fully saturated rings. The molecule has 1 unspecified atom stereocenters. The van der Waals surface area contributed by atoms with E-state index in [9.17, 15) is 18.3 Å². The maximum absolute atomic E-state index is 12.7. The molecule has 0 aliphatic carbocycles. The van der Waals surface area contributed by atoms with Crippen molar-refractivity contribution in [3.05, 3.63) is 29.3 Å². The van der Waals surface area contributed by atoms with Crippen molar-refractivity contribution in [2.24, 2.45) is 0 Å². The van der Waals surface area contributed by atoms with Gasteiger partial charge in [0.05, 0.1) is 11.7 Å². The minimum absolute atomic E-state index is 0.221. The average Bonchev–Trinajstić information content (AvgIpc) is 2.42. The minimum atomic E-state index is -4.36. The Morgan fingerprint density at radius 3 is 2.38 bits per heavy atom. The molecular formula is C15H23F3N2O. The van der Waals surface area contributed by atoms with Crippen molar-refractivity contribution in [3.63, 3.8) is 0 Å². The lowest BCUT2D eigenvalue weighted by molar-refractivity contribution is -0.137. The van der Waals surface area contributed by atoms with E-state index in [2.05, 4.69) is 10.2 Å². The van der Waals surface area contributed by atoms with Crippen molar-refractivity contribution < 1.29 is 18.3 Å². The van der Waals surface area contributed by atoms with E-state index in [0.717, 1.165) is 30.8 Å². The van der Waals surface area contributed by atoms with Gasteiger partial charge in [-0.05, 0) is 37.7 Å². The van der Waals surface area contributed by atoms with E-state index in [1.807, 2.05) is 13.8 Å². The SMILES string of the molecule is CCN(CC)CC(O)CNc1cc(C(F)(F)F)ccc1C. The van der Waals surface area contributed by atoms with Gasteiger partial charge >= 0.3 is 6.18 Å². The normalized spacial score (nSPS) is 13.5. The fraction of sp³-hybridized carbons (Fsp3) is 0.600. The summed E-state index contributed by atoms with van der Waals surface area (Å²) in [5, 5.41) is 12.8. The standard InChI is InChI=1S/C15H23F3N2O/c1-4-20(5-2)10-13(21)9-19-14-8-12(15(16,17)18)7-6-11(14)3/h6-8,13,19,21H,4-5,9-10H2,1-3H3. The number of alkyl halides is 3. The lowest BCUT2D eigenvalue weighted by Crippen LogP contribution is -2.36. The fourth-order valence-corrected chi connectivity index (χ4v) is 2.06. The van der Waals surface area contributed by atoms with Crippen LogP contribution in [0.5, 0.6) is 0 Å². The molecule has 2 N–H and O–H groups in total. The van der Waals surface area contributed by atoms with Crippen molar-refractivity contribution >= 4 is 5.69 Å². The first-order valence-electron chi connectivity index (χ1n) is 7.10. The maximum Gasteiger partial charge on any atom is 0.416 e. The predicted molar refractivity (Wildman–Crippen MR) is 78.5 cm³/mol. The molecule has 1 aromatic carbocycles. The molecule has 1 atom stereocenters. The molecule has 21 heavy (non-hydrogen) atoms. The molecule has 3 nitrogen and oxygen atoms in total. The summed E-state index contributed by atoms with van der Waals surface area (Å²) in [7, 11) is 0. The fourth-order valence-electron chi connectivity index (χ4n) is 2.06. The number of nitrogens with zero attached hydrogens (tertiary/aromatic N) is 1. The average molecular weight is 304 g/mol. The quantitative estimate of drug-likeness (QED) is 0.812. The van der Waals surface area contributed by atoms with Crippen LogP contribution in [0.1, 0.15) is 25.0 Å². The molecule has 6 heteroatoms. The molecule has 0 radical (unpaired) electrons. The zero-order valence-electron chi connectivity index (χ0n) is 12.7. The highest BCUT2D eigenvalue weighted by molar-refractivity contribution is 5.53. The summed E-state index contributed by atoms with van der Waals surface area (Å²) in [6.45, 7) is 8.11.